The zero-order chi connectivity index (χ0) is 17.8. The van der Waals surface area contributed by atoms with E-state index in [0.29, 0.717) is 0 Å². The van der Waals surface area contributed by atoms with E-state index in [-0.39, 0.29) is 29.5 Å². The van der Waals surface area contributed by atoms with Crippen molar-refractivity contribution in [3.63, 3.8) is 0 Å². The van der Waals surface area contributed by atoms with Gasteiger partial charge in [0, 0.05) is 28.8 Å². The number of amidine groups is 1. The molecule has 1 aliphatic carbocycles. The Hall–Kier alpha value is -1.09. The Labute approximate surface area is 166 Å². The molecule has 1 unspecified atom stereocenters. The second-order valence-corrected chi connectivity index (χ2v) is 8.79. The van der Waals surface area contributed by atoms with Crippen LogP contribution in [-0.2, 0) is 9.59 Å². The number of halogens is 1. The maximum Gasteiger partial charge on any atom is 0.242 e. The van der Waals surface area contributed by atoms with Crippen LogP contribution in [0.5, 0.6) is 0 Å². The summed E-state index contributed by atoms with van der Waals surface area (Å²) in [5, 5.41) is 3.27. The molecule has 1 N–H and O–H groups in total. The third kappa shape index (κ3) is 4.55. The average Bonchev–Trinajstić information content (AvgIpc) is 2.93. The molecule has 0 spiro atoms. The quantitative estimate of drug-likeness (QED) is 0.679. The van der Waals surface area contributed by atoms with Crippen LogP contribution in [0.15, 0.2) is 29.3 Å². The maximum absolute atomic E-state index is 12.8. The van der Waals surface area contributed by atoms with Gasteiger partial charge in [0.15, 0.2) is 5.17 Å². The van der Waals surface area contributed by atoms with Crippen molar-refractivity contribution in [1.29, 1.82) is 0 Å². The zero-order valence-corrected chi connectivity index (χ0v) is 17.2. The highest BCUT2D eigenvalue weighted by atomic mass is 127. The Morgan fingerprint density at radius 1 is 1.28 bits per heavy atom. The standard InChI is InChI=1S/C18H22IN3O2S/c1-20-18-22(14-5-3-2-4-6-14)17(24)15(25-18)11-16(23)21-13-9-7-12(19)8-10-13/h7-10,14-15H,2-6,11H2,1H3,(H,21,23). The van der Waals surface area contributed by atoms with Crippen LogP contribution < -0.4 is 5.32 Å². The molecule has 1 atom stereocenters. The van der Waals surface area contributed by atoms with Crippen molar-refractivity contribution in [3.05, 3.63) is 27.8 Å². The molecule has 1 heterocycles. The van der Waals surface area contributed by atoms with Gasteiger partial charge < -0.3 is 5.32 Å². The summed E-state index contributed by atoms with van der Waals surface area (Å²) in [6.07, 6.45) is 5.81. The van der Waals surface area contributed by atoms with Crippen LogP contribution in [0, 0.1) is 3.57 Å². The largest absolute Gasteiger partial charge is 0.326 e. The minimum Gasteiger partial charge on any atom is -0.326 e. The number of benzene rings is 1. The fourth-order valence-electron chi connectivity index (χ4n) is 3.36. The number of nitrogens with zero attached hydrogens (tertiary/aromatic N) is 2. The van der Waals surface area contributed by atoms with Gasteiger partial charge in [0.05, 0.1) is 0 Å². The molecule has 1 aromatic rings. The predicted octanol–water partition coefficient (Wildman–Crippen LogP) is 3.88. The van der Waals surface area contributed by atoms with Gasteiger partial charge in [-0.05, 0) is 59.7 Å². The van der Waals surface area contributed by atoms with Gasteiger partial charge in [-0.1, -0.05) is 31.0 Å². The average molecular weight is 471 g/mol. The number of amides is 2. The third-order valence-electron chi connectivity index (χ3n) is 4.60. The molecule has 0 aromatic heterocycles. The molecule has 1 saturated carbocycles. The molecule has 7 heteroatoms. The number of thioether (sulfide) groups is 1. The van der Waals surface area contributed by atoms with Crippen molar-refractivity contribution >= 4 is 57.0 Å². The molecule has 2 fully saturated rings. The van der Waals surface area contributed by atoms with Crippen LogP contribution in [0.4, 0.5) is 5.69 Å². The molecular formula is C18H22IN3O2S. The van der Waals surface area contributed by atoms with Crippen LogP contribution in [0.25, 0.3) is 0 Å². The first-order valence-corrected chi connectivity index (χ1v) is 10.6. The number of nitrogens with one attached hydrogen (secondary N) is 1. The molecule has 1 saturated heterocycles. The van der Waals surface area contributed by atoms with Gasteiger partial charge in [-0.3, -0.25) is 19.5 Å². The van der Waals surface area contributed by atoms with Crippen LogP contribution in [0.2, 0.25) is 0 Å². The van der Waals surface area contributed by atoms with Crippen molar-refractivity contribution in [2.24, 2.45) is 4.99 Å². The highest BCUT2D eigenvalue weighted by molar-refractivity contribution is 14.1. The van der Waals surface area contributed by atoms with E-state index in [1.54, 1.807) is 7.05 Å². The number of carbonyl (C=O) groups is 2. The monoisotopic (exact) mass is 471 g/mol. The number of aliphatic imine (C=N–C) groups is 1. The van der Waals surface area contributed by atoms with Gasteiger partial charge in [0.1, 0.15) is 5.25 Å². The fourth-order valence-corrected chi connectivity index (χ4v) is 4.88. The molecule has 0 bridgehead atoms. The van der Waals surface area contributed by atoms with E-state index in [0.717, 1.165) is 40.1 Å². The molecule has 2 aliphatic rings. The van der Waals surface area contributed by atoms with E-state index < -0.39 is 0 Å². The van der Waals surface area contributed by atoms with E-state index in [1.165, 1.54) is 18.2 Å². The summed E-state index contributed by atoms with van der Waals surface area (Å²) in [5.41, 5.74) is 0.759. The van der Waals surface area contributed by atoms with Gasteiger partial charge in [-0.25, -0.2) is 0 Å². The summed E-state index contributed by atoms with van der Waals surface area (Å²) in [6.45, 7) is 0. The van der Waals surface area contributed by atoms with Crippen LogP contribution >= 0.6 is 34.4 Å². The molecule has 0 radical (unpaired) electrons. The first kappa shape index (κ1) is 18.7. The zero-order valence-electron chi connectivity index (χ0n) is 14.2. The highest BCUT2D eigenvalue weighted by Gasteiger charge is 2.42. The van der Waals surface area contributed by atoms with Crippen LogP contribution in [0.3, 0.4) is 0 Å². The summed E-state index contributed by atoms with van der Waals surface area (Å²) in [7, 11) is 1.72. The number of carbonyl (C=O) groups excluding carboxylic acids is 2. The molecule has 1 aliphatic heterocycles. The summed E-state index contributed by atoms with van der Waals surface area (Å²) >= 11 is 3.65. The Morgan fingerprint density at radius 2 is 1.96 bits per heavy atom. The molecular weight excluding hydrogens is 449 g/mol. The summed E-state index contributed by atoms with van der Waals surface area (Å²) in [5.74, 6) is -0.0942. The number of hydrogen-bond donors (Lipinski definition) is 1. The van der Waals surface area contributed by atoms with Gasteiger partial charge in [0.2, 0.25) is 11.8 Å². The third-order valence-corrected chi connectivity index (χ3v) is 6.56. The van der Waals surface area contributed by atoms with E-state index in [1.807, 2.05) is 29.2 Å². The Morgan fingerprint density at radius 3 is 2.60 bits per heavy atom. The summed E-state index contributed by atoms with van der Waals surface area (Å²) < 4.78 is 1.11. The number of hydrogen-bond acceptors (Lipinski definition) is 4. The van der Waals surface area contributed by atoms with E-state index in [4.69, 9.17) is 0 Å². The smallest absolute Gasteiger partial charge is 0.242 e. The van der Waals surface area contributed by atoms with Gasteiger partial charge >= 0.3 is 0 Å². The normalized spacial score (nSPS) is 23.3. The molecule has 2 amide bonds. The molecule has 1 aromatic carbocycles. The summed E-state index contributed by atoms with van der Waals surface area (Å²) in [4.78, 5) is 31.3. The minimum atomic E-state index is -0.371. The number of rotatable bonds is 4. The fraction of sp³-hybridized carbons (Fsp3) is 0.500. The Kier molecular flexibility index (Phi) is 6.38. The summed E-state index contributed by atoms with van der Waals surface area (Å²) in [6, 6.07) is 7.88. The number of anilines is 1. The second kappa shape index (κ2) is 8.53. The molecule has 5 nitrogen and oxygen atoms in total. The lowest BCUT2D eigenvalue weighted by molar-refractivity contribution is -0.130. The van der Waals surface area contributed by atoms with E-state index >= 15 is 0 Å². The molecule has 3 rings (SSSR count). The minimum absolute atomic E-state index is 0.0373. The SMILES string of the molecule is CN=C1SC(CC(=O)Nc2ccc(I)cc2)C(=O)N1C1CCCCC1. The van der Waals surface area contributed by atoms with Crippen molar-refractivity contribution in [3.8, 4) is 0 Å². The first-order valence-electron chi connectivity index (χ1n) is 8.60. The maximum atomic E-state index is 12.8. The lowest BCUT2D eigenvalue weighted by Gasteiger charge is -2.30. The van der Waals surface area contributed by atoms with Crippen LogP contribution in [-0.4, -0.2) is 40.2 Å². The van der Waals surface area contributed by atoms with Gasteiger partial charge in [-0.2, -0.15) is 0 Å². The van der Waals surface area contributed by atoms with Crippen molar-refractivity contribution in [2.45, 2.75) is 49.8 Å². The Balaban J connectivity index is 1.63. The van der Waals surface area contributed by atoms with Crippen molar-refractivity contribution in [1.82, 2.24) is 4.90 Å². The molecule has 134 valence electrons. The lowest BCUT2D eigenvalue weighted by Crippen LogP contribution is -2.42. The Bertz CT molecular complexity index is 671. The highest BCUT2D eigenvalue weighted by Crippen LogP contribution is 2.35. The van der Waals surface area contributed by atoms with E-state index in [9.17, 15) is 9.59 Å². The molecule has 25 heavy (non-hydrogen) atoms. The topological polar surface area (TPSA) is 61.8 Å². The van der Waals surface area contributed by atoms with Gasteiger partial charge in [0.25, 0.3) is 0 Å². The van der Waals surface area contributed by atoms with Crippen molar-refractivity contribution < 1.29 is 9.59 Å². The lowest BCUT2D eigenvalue weighted by atomic mass is 9.94. The van der Waals surface area contributed by atoms with Crippen LogP contribution in [0.1, 0.15) is 38.5 Å². The predicted molar refractivity (Wildman–Crippen MR) is 111 cm³/mol. The van der Waals surface area contributed by atoms with E-state index in [2.05, 4.69) is 32.9 Å². The van der Waals surface area contributed by atoms with Crippen molar-refractivity contribution in [2.75, 3.05) is 12.4 Å². The van der Waals surface area contributed by atoms with Gasteiger partial charge in [-0.15, -0.1) is 0 Å². The second-order valence-electron chi connectivity index (χ2n) is 6.37. The first-order chi connectivity index (χ1) is 12.1.